The number of ether oxygens (including phenoxy) is 1. The van der Waals surface area contributed by atoms with Crippen molar-refractivity contribution in [2.45, 2.75) is 26.9 Å². The van der Waals surface area contributed by atoms with Crippen LogP contribution in [-0.4, -0.2) is 25.0 Å². The van der Waals surface area contributed by atoms with Gasteiger partial charge in [-0.25, -0.2) is 4.79 Å². The van der Waals surface area contributed by atoms with Gasteiger partial charge in [0.15, 0.2) is 6.10 Å². The molecule has 2 aromatic rings. The molecule has 0 aliphatic heterocycles. The van der Waals surface area contributed by atoms with Crippen molar-refractivity contribution in [2.24, 2.45) is 0 Å². The van der Waals surface area contributed by atoms with E-state index in [2.05, 4.69) is 0 Å². The van der Waals surface area contributed by atoms with Crippen LogP contribution in [0.15, 0.2) is 48.5 Å². The summed E-state index contributed by atoms with van der Waals surface area (Å²) in [5.41, 5.74) is 3.13. The number of amides is 1. The summed E-state index contributed by atoms with van der Waals surface area (Å²) >= 11 is 0. The van der Waals surface area contributed by atoms with Gasteiger partial charge in [0.1, 0.15) is 0 Å². The first-order valence-corrected chi connectivity index (χ1v) is 7.51. The zero-order valence-electron chi connectivity index (χ0n) is 13.9. The molecule has 120 valence electrons. The van der Waals surface area contributed by atoms with E-state index >= 15 is 0 Å². The minimum absolute atomic E-state index is 0.269. The SMILES string of the molecule is Cc1cccc(C(=O)OC(C)C(=O)N(C)c2ccccc2)c1C. The summed E-state index contributed by atoms with van der Waals surface area (Å²) in [6, 6.07) is 14.7. The third-order valence-corrected chi connectivity index (χ3v) is 3.93. The highest BCUT2D eigenvalue weighted by Gasteiger charge is 2.23. The summed E-state index contributed by atoms with van der Waals surface area (Å²) in [6.07, 6.45) is -0.854. The fourth-order valence-corrected chi connectivity index (χ4v) is 2.30. The topological polar surface area (TPSA) is 46.6 Å². The molecule has 1 unspecified atom stereocenters. The van der Waals surface area contributed by atoms with E-state index in [4.69, 9.17) is 4.74 Å². The maximum absolute atomic E-state index is 12.4. The summed E-state index contributed by atoms with van der Waals surface area (Å²) in [4.78, 5) is 26.2. The number of benzene rings is 2. The number of anilines is 1. The lowest BCUT2D eigenvalue weighted by Crippen LogP contribution is -2.37. The number of carbonyl (C=O) groups is 2. The zero-order chi connectivity index (χ0) is 17.0. The van der Waals surface area contributed by atoms with Crippen molar-refractivity contribution in [1.82, 2.24) is 0 Å². The molecule has 1 amide bonds. The second-order valence-electron chi connectivity index (χ2n) is 5.53. The summed E-state index contributed by atoms with van der Waals surface area (Å²) < 4.78 is 5.35. The molecule has 0 fully saturated rings. The van der Waals surface area contributed by atoms with E-state index in [9.17, 15) is 9.59 Å². The molecule has 0 aromatic heterocycles. The van der Waals surface area contributed by atoms with Crippen LogP contribution < -0.4 is 4.90 Å². The molecule has 2 rings (SSSR count). The van der Waals surface area contributed by atoms with E-state index in [0.29, 0.717) is 5.56 Å². The first kappa shape index (κ1) is 16.7. The smallest absolute Gasteiger partial charge is 0.339 e. The van der Waals surface area contributed by atoms with Crippen molar-refractivity contribution in [3.8, 4) is 0 Å². The lowest BCUT2D eigenvalue weighted by atomic mass is 10.0. The molecule has 0 saturated heterocycles. The number of hydrogen-bond acceptors (Lipinski definition) is 3. The Morgan fingerprint density at radius 1 is 1.00 bits per heavy atom. The molecule has 0 spiro atoms. The van der Waals surface area contributed by atoms with Gasteiger partial charge in [0, 0.05) is 12.7 Å². The van der Waals surface area contributed by atoms with E-state index in [1.54, 1.807) is 20.0 Å². The lowest BCUT2D eigenvalue weighted by molar-refractivity contribution is -0.126. The van der Waals surface area contributed by atoms with E-state index in [1.807, 2.05) is 56.3 Å². The molecule has 0 aliphatic carbocycles. The highest BCUT2D eigenvalue weighted by molar-refractivity contribution is 5.99. The van der Waals surface area contributed by atoms with E-state index in [-0.39, 0.29) is 5.91 Å². The predicted molar refractivity (Wildman–Crippen MR) is 90.6 cm³/mol. The Labute approximate surface area is 136 Å². The quantitative estimate of drug-likeness (QED) is 0.812. The molecule has 23 heavy (non-hydrogen) atoms. The molecule has 0 saturated carbocycles. The van der Waals surface area contributed by atoms with E-state index in [1.165, 1.54) is 4.90 Å². The number of likely N-dealkylation sites (N-methyl/N-ethyl adjacent to an activating group) is 1. The molecule has 4 nitrogen and oxygen atoms in total. The van der Waals surface area contributed by atoms with Gasteiger partial charge in [-0.15, -0.1) is 0 Å². The van der Waals surface area contributed by atoms with Crippen molar-refractivity contribution >= 4 is 17.6 Å². The van der Waals surface area contributed by atoms with Crippen molar-refractivity contribution in [2.75, 3.05) is 11.9 Å². The normalized spacial score (nSPS) is 11.7. The van der Waals surface area contributed by atoms with Crippen LogP contribution in [0.4, 0.5) is 5.69 Å². The first-order chi connectivity index (χ1) is 10.9. The minimum Gasteiger partial charge on any atom is -0.449 e. The van der Waals surface area contributed by atoms with Crippen LogP contribution in [0.25, 0.3) is 0 Å². The molecule has 0 N–H and O–H groups in total. The van der Waals surface area contributed by atoms with Crippen LogP contribution in [-0.2, 0) is 9.53 Å². The second-order valence-corrected chi connectivity index (χ2v) is 5.53. The molecule has 0 radical (unpaired) electrons. The van der Waals surface area contributed by atoms with Gasteiger partial charge < -0.3 is 9.64 Å². The fourth-order valence-electron chi connectivity index (χ4n) is 2.30. The highest BCUT2D eigenvalue weighted by Crippen LogP contribution is 2.17. The van der Waals surface area contributed by atoms with Crippen molar-refractivity contribution in [3.63, 3.8) is 0 Å². The zero-order valence-corrected chi connectivity index (χ0v) is 13.9. The average Bonchev–Trinajstić information content (AvgIpc) is 2.56. The Kier molecular flexibility index (Phi) is 5.16. The van der Waals surface area contributed by atoms with Crippen LogP contribution in [0.5, 0.6) is 0 Å². The summed E-state index contributed by atoms with van der Waals surface area (Å²) in [5, 5.41) is 0. The van der Waals surface area contributed by atoms with Crippen LogP contribution >= 0.6 is 0 Å². The Bertz CT molecular complexity index is 710. The monoisotopic (exact) mass is 311 g/mol. The maximum atomic E-state index is 12.4. The third-order valence-electron chi connectivity index (χ3n) is 3.93. The number of para-hydroxylation sites is 1. The molecule has 1 atom stereocenters. The predicted octanol–water partition coefficient (Wildman–Crippen LogP) is 3.51. The number of hydrogen-bond donors (Lipinski definition) is 0. The average molecular weight is 311 g/mol. The second kappa shape index (κ2) is 7.09. The lowest BCUT2D eigenvalue weighted by Gasteiger charge is -2.22. The van der Waals surface area contributed by atoms with Gasteiger partial charge in [-0.3, -0.25) is 4.79 Å². The first-order valence-electron chi connectivity index (χ1n) is 7.51. The standard InChI is InChI=1S/C19H21NO3/c1-13-9-8-12-17(14(13)2)19(22)23-15(3)18(21)20(4)16-10-6-5-7-11-16/h5-12,15H,1-4H3. The number of aryl methyl sites for hydroxylation is 1. The van der Waals surface area contributed by atoms with Crippen molar-refractivity contribution < 1.29 is 14.3 Å². The Balaban J connectivity index is 2.09. The highest BCUT2D eigenvalue weighted by atomic mass is 16.5. The van der Waals surface area contributed by atoms with E-state index in [0.717, 1.165) is 16.8 Å². The number of esters is 1. The fraction of sp³-hybridized carbons (Fsp3) is 0.263. The van der Waals surface area contributed by atoms with Gasteiger partial charge in [-0.2, -0.15) is 0 Å². The molecular weight excluding hydrogens is 290 g/mol. The van der Waals surface area contributed by atoms with Crippen LogP contribution in [0.1, 0.15) is 28.4 Å². The van der Waals surface area contributed by atoms with Crippen LogP contribution in [0, 0.1) is 13.8 Å². The number of carbonyl (C=O) groups excluding carboxylic acids is 2. The van der Waals surface area contributed by atoms with Gasteiger partial charge >= 0.3 is 5.97 Å². The maximum Gasteiger partial charge on any atom is 0.339 e. The van der Waals surface area contributed by atoms with Gasteiger partial charge in [0.2, 0.25) is 0 Å². The molecule has 0 heterocycles. The Morgan fingerprint density at radius 3 is 2.30 bits per heavy atom. The Hall–Kier alpha value is -2.62. The molecule has 0 aliphatic rings. The number of rotatable bonds is 4. The van der Waals surface area contributed by atoms with Gasteiger partial charge in [0.05, 0.1) is 5.56 Å². The molecule has 0 bridgehead atoms. The minimum atomic E-state index is -0.854. The van der Waals surface area contributed by atoms with Crippen LogP contribution in [0.2, 0.25) is 0 Å². The summed E-state index contributed by atoms with van der Waals surface area (Å²) in [6.45, 7) is 5.39. The summed E-state index contributed by atoms with van der Waals surface area (Å²) in [7, 11) is 1.67. The van der Waals surface area contributed by atoms with Crippen LogP contribution in [0.3, 0.4) is 0 Å². The summed E-state index contributed by atoms with van der Waals surface area (Å²) in [5.74, 6) is -0.747. The van der Waals surface area contributed by atoms with E-state index < -0.39 is 12.1 Å². The number of nitrogens with zero attached hydrogens (tertiary/aromatic N) is 1. The third kappa shape index (κ3) is 3.77. The molecule has 2 aromatic carbocycles. The molecule has 4 heteroatoms. The Morgan fingerprint density at radius 2 is 1.65 bits per heavy atom. The van der Waals surface area contributed by atoms with Crippen molar-refractivity contribution in [1.29, 1.82) is 0 Å². The molecular formula is C19H21NO3. The van der Waals surface area contributed by atoms with Crippen molar-refractivity contribution in [3.05, 3.63) is 65.2 Å². The van der Waals surface area contributed by atoms with Gasteiger partial charge in [-0.05, 0) is 50.1 Å². The van der Waals surface area contributed by atoms with Gasteiger partial charge in [-0.1, -0.05) is 30.3 Å². The van der Waals surface area contributed by atoms with Gasteiger partial charge in [0.25, 0.3) is 5.91 Å². The largest absolute Gasteiger partial charge is 0.449 e.